The fourth-order valence-electron chi connectivity index (χ4n) is 1.47. The van der Waals surface area contributed by atoms with Gasteiger partial charge in [-0.2, -0.15) is 0 Å². The Morgan fingerprint density at radius 1 is 1.30 bits per heavy atom. The Labute approximate surface area is 137 Å². The van der Waals surface area contributed by atoms with E-state index in [4.69, 9.17) is 5.11 Å². The van der Waals surface area contributed by atoms with E-state index in [1.54, 1.807) is 30.3 Å². The number of thiophene rings is 1. The van der Waals surface area contributed by atoms with Crippen LogP contribution in [-0.2, 0) is 0 Å². The average molecular weight is 415 g/mol. The molecule has 1 aromatic heterocycles. The smallest absolute Gasteiger partial charge is 0.257 e. The lowest BCUT2D eigenvalue weighted by molar-refractivity contribution is 0.102. The third kappa shape index (κ3) is 3.93. The summed E-state index contributed by atoms with van der Waals surface area (Å²) >= 11 is 8.15. The quantitative estimate of drug-likeness (QED) is 0.732. The number of rotatable bonds is 2. The molecule has 0 spiro atoms. The van der Waals surface area contributed by atoms with Gasteiger partial charge in [-0.1, -0.05) is 11.8 Å². The van der Waals surface area contributed by atoms with Crippen LogP contribution in [0.5, 0.6) is 0 Å². The molecule has 0 fully saturated rings. The third-order valence-electron chi connectivity index (χ3n) is 2.36. The Bertz CT molecular complexity index is 683. The summed E-state index contributed by atoms with van der Waals surface area (Å²) < 4.78 is 1.68. The number of hydrogen-bond donors (Lipinski definition) is 2. The number of nitrogens with one attached hydrogen (secondary N) is 1. The zero-order valence-electron chi connectivity index (χ0n) is 10.1. The maximum atomic E-state index is 12.1. The molecule has 0 saturated carbocycles. The lowest BCUT2D eigenvalue weighted by Crippen LogP contribution is -2.11. The standard InChI is InChI=1S/C14H9Br2NO2S/c15-12-8-11(13(16)20-12)14(19)17-10-5-3-9(4-6-10)2-1-7-18/h3-6,8,18H,7H2,(H,17,19). The van der Waals surface area contributed by atoms with Gasteiger partial charge in [-0.25, -0.2) is 0 Å². The van der Waals surface area contributed by atoms with E-state index >= 15 is 0 Å². The second-order valence-corrected chi connectivity index (χ2v) is 7.48. The number of benzene rings is 1. The van der Waals surface area contributed by atoms with Crippen LogP contribution < -0.4 is 5.32 Å². The number of hydrogen-bond acceptors (Lipinski definition) is 3. The molecular formula is C14H9Br2NO2S. The Morgan fingerprint density at radius 3 is 2.55 bits per heavy atom. The van der Waals surface area contributed by atoms with Gasteiger partial charge in [0.15, 0.2) is 0 Å². The van der Waals surface area contributed by atoms with E-state index in [0.717, 1.165) is 13.1 Å². The lowest BCUT2D eigenvalue weighted by atomic mass is 10.2. The molecule has 0 bridgehead atoms. The van der Waals surface area contributed by atoms with Gasteiger partial charge in [0.2, 0.25) is 0 Å². The number of anilines is 1. The van der Waals surface area contributed by atoms with E-state index in [2.05, 4.69) is 49.0 Å². The molecule has 0 aliphatic carbocycles. The normalized spacial score (nSPS) is 9.75. The van der Waals surface area contributed by atoms with Crippen LogP contribution in [0.1, 0.15) is 15.9 Å². The summed E-state index contributed by atoms with van der Waals surface area (Å²) in [6.45, 7) is -0.167. The number of amides is 1. The topological polar surface area (TPSA) is 49.3 Å². The van der Waals surface area contributed by atoms with Gasteiger partial charge >= 0.3 is 0 Å². The Hall–Kier alpha value is -1.13. The minimum atomic E-state index is -0.173. The summed E-state index contributed by atoms with van der Waals surface area (Å²) in [5, 5.41) is 11.4. The first-order chi connectivity index (χ1) is 9.60. The molecule has 0 radical (unpaired) electrons. The van der Waals surface area contributed by atoms with Crippen LogP contribution >= 0.6 is 43.2 Å². The van der Waals surface area contributed by atoms with Gasteiger partial charge in [-0.3, -0.25) is 4.79 Å². The van der Waals surface area contributed by atoms with Crippen LogP contribution in [0, 0.1) is 11.8 Å². The van der Waals surface area contributed by atoms with Gasteiger partial charge in [-0.05, 0) is 62.2 Å². The van der Waals surface area contributed by atoms with Crippen molar-refractivity contribution in [3.8, 4) is 11.8 Å². The number of carbonyl (C=O) groups excluding carboxylic acids is 1. The molecule has 0 aliphatic rings. The molecule has 1 aromatic carbocycles. The van der Waals surface area contributed by atoms with E-state index in [1.165, 1.54) is 11.3 Å². The molecule has 102 valence electrons. The summed E-state index contributed by atoms with van der Waals surface area (Å²) in [4.78, 5) is 12.1. The first kappa shape index (κ1) is 15.3. The summed E-state index contributed by atoms with van der Waals surface area (Å²) in [7, 11) is 0. The predicted molar refractivity (Wildman–Crippen MR) is 88.1 cm³/mol. The second-order valence-electron chi connectivity index (χ2n) is 3.73. The van der Waals surface area contributed by atoms with E-state index < -0.39 is 0 Å². The van der Waals surface area contributed by atoms with Gasteiger partial charge < -0.3 is 10.4 Å². The monoisotopic (exact) mass is 413 g/mol. The van der Waals surface area contributed by atoms with Crippen LogP contribution in [0.2, 0.25) is 0 Å². The fourth-order valence-corrected chi connectivity index (χ4v) is 4.27. The highest BCUT2D eigenvalue weighted by Gasteiger charge is 2.13. The Balaban J connectivity index is 2.10. The molecule has 0 aliphatic heterocycles. The van der Waals surface area contributed by atoms with E-state index in [0.29, 0.717) is 11.3 Å². The number of aliphatic hydroxyl groups is 1. The molecule has 0 atom stereocenters. The van der Waals surface area contributed by atoms with Crippen molar-refractivity contribution in [3.05, 3.63) is 49.0 Å². The van der Waals surface area contributed by atoms with Crippen LogP contribution in [0.25, 0.3) is 0 Å². The highest BCUT2D eigenvalue weighted by Crippen LogP contribution is 2.32. The van der Waals surface area contributed by atoms with Crippen molar-refractivity contribution < 1.29 is 9.90 Å². The van der Waals surface area contributed by atoms with Crippen molar-refractivity contribution in [3.63, 3.8) is 0 Å². The van der Waals surface area contributed by atoms with Crippen molar-refractivity contribution in [1.29, 1.82) is 0 Å². The van der Waals surface area contributed by atoms with Gasteiger partial charge in [0, 0.05) is 11.3 Å². The van der Waals surface area contributed by atoms with Gasteiger partial charge in [0.05, 0.1) is 13.1 Å². The third-order valence-corrected chi connectivity index (χ3v) is 4.70. The fraction of sp³-hybridized carbons (Fsp3) is 0.0714. The van der Waals surface area contributed by atoms with E-state index in [1.807, 2.05) is 0 Å². The molecule has 2 aromatic rings. The van der Waals surface area contributed by atoms with Crippen LogP contribution in [0.15, 0.2) is 37.9 Å². The largest absolute Gasteiger partial charge is 0.384 e. The Morgan fingerprint density at radius 2 is 2.00 bits per heavy atom. The zero-order chi connectivity index (χ0) is 14.5. The van der Waals surface area contributed by atoms with Crippen molar-refractivity contribution >= 4 is 54.8 Å². The second kappa shape index (κ2) is 7.04. The van der Waals surface area contributed by atoms with Crippen molar-refractivity contribution in [2.45, 2.75) is 0 Å². The van der Waals surface area contributed by atoms with Crippen LogP contribution in [0.3, 0.4) is 0 Å². The maximum Gasteiger partial charge on any atom is 0.257 e. The average Bonchev–Trinajstić information content (AvgIpc) is 2.77. The molecule has 1 heterocycles. The molecule has 0 unspecified atom stereocenters. The first-order valence-corrected chi connectivity index (χ1v) is 7.96. The van der Waals surface area contributed by atoms with Crippen molar-refractivity contribution in [2.24, 2.45) is 0 Å². The minimum absolute atomic E-state index is 0.167. The molecule has 20 heavy (non-hydrogen) atoms. The van der Waals surface area contributed by atoms with Crippen LogP contribution in [0.4, 0.5) is 5.69 Å². The zero-order valence-corrected chi connectivity index (χ0v) is 14.1. The summed E-state index contributed by atoms with van der Waals surface area (Å²) in [5.74, 6) is 5.19. The highest BCUT2D eigenvalue weighted by molar-refractivity contribution is 9.12. The van der Waals surface area contributed by atoms with E-state index in [-0.39, 0.29) is 12.5 Å². The minimum Gasteiger partial charge on any atom is -0.384 e. The number of aliphatic hydroxyl groups excluding tert-OH is 1. The van der Waals surface area contributed by atoms with Gasteiger partial charge in [-0.15, -0.1) is 11.3 Å². The first-order valence-electron chi connectivity index (χ1n) is 5.56. The molecule has 2 rings (SSSR count). The van der Waals surface area contributed by atoms with Crippen molar-refractivity contribution in [2.75, 3.05) is 11.9 Å². The summed E-state index contributed by atoms with van der Waals surface area (Å²) in [6, 6.07) is 8.89. The molecule has 0 saturated heterocycles. The molecule has 2 N–H and O–H groups in total. The Kier molecular flexibility index (Phi) is 5.38. The summed E-state index contributed by atoms with van der Waals surface area (Å²) in [6.07, 6.45) is 0. The SMILES string of the molecule is O=C(Nc1ccc(C#CCO)cc1)c1cc(Br)sc1Br. The van der Waals surface area contributed by atoms with Gasteiger partial charge in [0.1, 0.15) is 6.61 Å². The van der Waals surface area contributed by atoms with Crippen LogP contribution in [-0.4, -0.2) is 17.6 Å². The van der Waals surface area contributed by atoms with Gasteiger partial charge in [0.25, 0.3) is 5.91 Å². The lowest BCUT2D eigenvalue weighted by Gasteiger charge is -2.04. The maximum absolute atomic E-state index is 12.1. The molecule has 1 amide bonds. The van der Waals surface area contributed by atoms with Crippen molar-refractivity contribution in [1.82, 2.24) is 0 Å². The highest BCUT2D eigenvalue weighted by atomic mass is 79.9. The van der Waals surface area contributed by atoms with E-state index in [9.17, 15) is 4.79 Å². The molecular weight excluding hydrogens is 406 g/mol. The predicted octanol–water partition coefficient (Wildman–Crippen LogP) is 3.87. The summed E-state index contributed by atoms with van der Waals surface area (Å²) in [5.41, 5.74) is 2.07. The number of carbonyl (C=O) groups is 1. The molecule has 3 nitrogen and oxygen atoms in total. The number of halogens is 2. The molecule has 6 heteroatoms.